The van der Waals surface area contributed by atoms with Crippen molar-refractivity contribution in [3.8, 4) is 5.75 Å². The minimum Gasteiger partial charge on any atom is -0.495 e. The summed E-state index contributed by atoms with van der Waals surface area (Å²) in [6.45, 7) is 0. The Morgan fingerprint density at radius 1 is 1.42 bits per heavy atom. The van der Waals surface area contributed by atoms with E-state index in [2.05, 4.69) is 6.07 Å². The minimum absolute atomic E-state index is 0.724. The van der Waals surface area contributed by atoms with Crippen LogP contribution < -0.4 is 4.74 Å². The van der Waals surface area contributed by atoms with Gasteiger partial charge in [-0.05, 0) is 36.5 Å². The van der Waals surface area contributed by atoms with Gasteiger partial charge in [-0.15, -0.1) is 0 Å². The molecule has 0 N–H and O–H groups in total. The van der Waals surface area contributed by atoms with Gasteiger partial charge in [0, 0.05) is 0 Å². The monoisotopic (exact) mass is 182 g/mol. The van der Waals surface area contributed by atoms with Crippen LogP contribution in [-0.4, -0.2) is 7.11 Å². The topological polar surface area (TPSA) is 9.23 Å². The van der Waals surface area contributed by atoms with Gasteiger partial charge >= 0.3 is 0 Å². The van der Waals surface area contributed by atoms with Crippen LogP contribution in [0, 0.1) is 0 Å². The molecule has 1 aromatic carbocycles. The fraction of sp³-hybridized carbons (Fsp3) is 0.400. The van der Waals surface area contributed by atoms with Crippen molar-refractivity contribution in [3.05, 3.63) is 28.8 Å². The Labute approximate surface area is 77.3 Å². The van der Waals surface area contributed by atoms with Gasteiger partial charge in [-0.2, -0.15) is 0 Å². The zero-order valence-electron chi connectivity index (χ0n) is 7.01. The normalized spacial score (nSPS) is 16.2. The van der Waals surface area contributed by atoms with E-state index in [9.17, 15) is 0 Å². The SMILES string of the molecule is COc1ccc(C2CC2)cc1Cl. The van der Waals surface area contributed by atoms with Crippen molar-refractivity contribution in [2.75, 3.05) is 7.11 Å². The summed E-state index contributed by atoms with van der Waals surface area (Å²) < 4.78 is 5.07. The van der Waals surface area contributed by atoms with E-state index in [-0.39, 0.29) is 0 Å². The first kappa shape index (κ1) is 7.93. The highest BCUT2D eigenvalue weighted by Gasteiger charge is 2.23. The fourth-order valence-electron chi connectivity index (χ4n) is 1.35. The lowest BCUT2D eigenvalue weighted by molar-refractivity contribution is 0.415. The van der Waals surface area contributed by atoms with Crippen LogP contribution in [0.15, 0.2) is 18.2 Å². The van der Waals surface area contributed by atoms with Crippen LogP contribution in [0.2, 0.25) is 5.02 Å². The molecular formula is C10H11ClO. The molecular weight excluding hydrogens is 172 g/mol. The molecule has 0 unspecified atom stereocenters. The number of rotatable bonds is 2. The fourth-order valence-corrected chi connectivity index (χ4v) is 1.62. The number of ether oxygens (including phenoxy) is 1. The second-order valence-corrected chi connectivity index (χ2v) is 3.58. The van der Waals surface area contributed by atoms with E-state index in [4.69, 9.17) is 16.3 Å². The lowest BCUT2D eigenvalue weighted by Gasteiger charge is -2.04. The quantitative estimate of drug-likeness (QED) is 0.683. The van der Waals surface area contributed by atoms with Crippen LogP contribution in [0.1, 0.15) is 24.3 Å². The number of halogens is 1. The minimum atomic E-state index is 0.724. The molecule has 1 aliphatic carbocycles. The summed E-state index contributed by atoms with van der Waals surface area (Å²) in [5.41, 5.74) is 1.35. The van der Waals surface area contributed by atoms with E-state index in [1.807, 2.05) is 12.1 Å². The number of hydrogen-bond acceptors (Lipinski definition) is 1. The standard InChI is InChI=1S/C10H11ClO/c1-12-10-5-4-8(6-9(10)11)7-2-3-7/h4-7H,2-3H2,1H3. The van der Waals surface area contributed by atoms with Crippen molar-refractivity contribution < 1.29 is 4.74 Å². The molecule has 1 fully saturated rings. The Balaban J connectivity index is 2.30. The maximum Gasteiger partial charge on any atom is 0.137 e. The first-order chi connectivity index (χ1) is 5.81. The zero-order chi connectivity index (χ0) is 8.55. The Hall–Kier alpha value is -0.690. The molecule has 0 saturated heterocycles. The van der Waals surface area contributed by atoms with E-state index in [0.717, 1.165) is 16.7 Å². The average Bonchev–Trinajstić information content (AvgIpc) is 2.86. The Bertz CT molecular complexity index is 292. The Morgan fingerprint density at radius 3 is 2.67 bits per heavy atom. The molecule has 0 radical (unpaired) electrons. The molecule has 2 heteroatoms. The molecule has 2 rings (SSSR count). The Kier molecular flexibility index (Phi) is 1.97. The highest BCUT2D eigenvalue weighted by Crippen LogP contribution is 2.42. The molecule has 0 spiro atoms. The summed E-state index contributed by atoms with van der Waals surface area (Å²) >= 11 is 5.98. The van der Waals surface area contributed by atoms with Crippen molar-refractivity contribution in [1.82, 2.24) is 0 Å². The maximum atomic E-state index is 5.98. The molecule has 1 aliphatic rings. The van der Waals surface area contributed by atoms with Crippen molar-refractivity contribution in [1.29, 1.82) is 0 Å². The van der Waals surface area contributed by atoms with Gasteiger partial charge in [-0.3, -0.25) is 0 Å². The van der Waals surface area contributed by atoms with Gasteiger partial charge in [0.2, 0.25) is 0 Å². The van der Waals surface area contributed by atoms with Gasteiger partial charge in [0.05, 0.1) is 12.1 Å². The summed E-state index contributed by atoms with van der Waals surface area (Å²) in [6, 6.07) is 6.05. The third-order valence-electron chi connectivity index (χ3n) is 2.22. The summed E-state index contributed by atoms with van der Waals surface area (Å²) in [4.78, 5) is 0. The summed E-state index contributed by atoms with van der Waals surface area (Å²) in [7, 11) is 1.64. The van der Waals surface area contributed by atoms with Gasteiger partial charge in [0.15, 0.2) is 0 Å². The highest BCUT2D eigenvalue weighted by molar-refractivity contribution is 6.32. The number of benzene rings is 1. The predicted molar refractivity (Wildman–Crippen MR) is 50.0 cm³/mol. The molecule has 12 heavy (non-hydrogen) atoms. The number of hydrogen-bond donors (Lipinski definition) is 0. The lowest BCUT2D eigenvalue weighted by atomic mass is 10.1. The maximum absolute atomic E-state index is 5.98. The van der Waals surface area contributed by atoms with E-state index >= 15 is 0 Å². The smallest absolute Gasteiger partial charge is 0.137 e. The molecule has 0 bridgehead atoms. The first-order valence-corrected chi connectivity index (χ1v) is 4.52. The van der Waals surface area contributed by atoms with E-state index in [1.54, 1.807) is 7.11 Å². The van der Waals surface area contributed by atoms with Crippen LogP contribution in [0.5, 0.6) is 5.75 Å². The highest BCUT2D eigenvalue weighted by atomic mass is 35.5. The van der Waals surface area contributed by atoms with E-state index < -0.39 is 0 Å². The van der Waals surface area contributed by atoms with Gasteiger partial charge in [0.1, 0.15) is 5.75 Å². The second-order valence-electron chi connectivity index (χ2n) is 3.17. The predicted octanol–water partition coefficient (Wildman–Crippen LogP) is 3.23. The van der Waals surface area contributed by atoms with Crippen LogP contribution in [-0.2, 0) is 0 Å². The van der Waals surface area contributed by atoms with Gasteiger partial charge in [-0.1, -0.05) is 17.7 Å². The van der Waals surface area contributed by atoms with Gasteiger partial charge in [0.25, 0.3) is 0 Å². The summed E-state index contributed by atoms with van der Waals surface area (Å²) in [6.07, 6.45) is 2.62. The van der Waals surface area contributed by atoms with Crippen molar-refractivity contribution >= 4 is 11.6 Å². The molecule has 1 nitrogen and oxygen atoms in total. The molecule has 0 amide bonds. The first-order valence-electron chi connectivity index (χ1n) is 4.14. The third kappa shape index (κ3) is 1.42. The van der Waals surface area contributed by atoms with Crippen LogP contribution in [0.25, 0.3) is 0 Å². The molecule has 0 heterocycles. The zero-order valence-corrected chi connectivity index (χ0v) is 7.77. The summed E-state index contributed by atoms with van der Waals surface area (Å²) in [5, 5.41) is 0.724. The molecule has 1 saturated carbocycles. The van der Waals surface area contributed by atoms with Crippen LogP contribution in [0.4, 0.5) is 0 Å². The van der Waals surface area contributed by atoms with E-state index in [1.165, 1.54) is 18.4 Å². The van der Waals surface area contributed by atoms with Gasteiger partial charge in [-0.25, -0.2) is 0 Å². The van der Waals surface area contributed by atoms with Gasteiger partial charge < -0.3 is 4.74 Å². The molecule has 0 aromatic heterocycles. The molecule has 0 aliphatic heterocycles. The summed E-state index contributed by atoms with van der Waals surface area (Å²) in [5.74, 6) is 1.52. The number of methoxy groups -OCH3 is 1. The largest absolute Gasteiger partial charge is 0.495 e. The third-order valence-corrected chi connectivity index (χ3v) is 2.52. The lowest BCUT2D eigenvalue weighted by Crippen LogP contribution is -1.85. The Morgan fingerprint density at radius 2 is 2.17 bits per heavy atom. The van der Waals surface area contributed by atoms with Crippen LogP contribution >= 0.6 is 11.6 Å². The second kappa shape index (κ2) is 2.98. The average molecular weight is 183 g/mol. The van der Waals surface area contributed by atoms with Crippen molar-refractivity contribution in [2.45, 2.75) is 18.8 Å². The molecule has 1 aromatic rings. The van der Waals surface area contributed by atoms with Crippen molar-refractivity contribution in [2.24, 2.45) is 0 Å². The van der Waals surface area contributed by atoms with Crippen molar-refractivity contribution in [3.63, 3.8) is 0 Å². The van der Waals surface area contributed by atoms with E-state index in [0.29, 0.717) is 0 Å². The van der Waals surface area contributed by atoms with Crippen LogP contribution in [0.3, 0.4) is 0 Å². The molecule has 0 atom stereocenters. The molecule has 64 valence electrons.